The number of thiazole rings is 1. The van der Waals surface area contributed by atoms with Crippen LogP contribution in [0.4, 0.5) is 5.13 Å². The van der Waals surface area contributed by atoms with Crippen LogP contribution in [0.1, 0.15) is 51.6 Å². The number of aromatic nitrogens is 1. The van der Waals surface area contributed by atoms with E-state index in [1.165, 1.54) is 17.8 Å². The number of hydrogen-bond acceptors (Lipinski definition) is 4. The lowest BCUT2D eigenvalue weighted by atomic mass is 9.93. The zero-order valence-electron chi connectivity index (χ0n) is 13.6. The van der Waals surface area contributed by atoms with Crippen molar-refractivity contribution in [2.75, 3.05) is 11.9 Å². The summed E-state index contributed by atoms with van der Waals surface area (Å²) in [6.07, 6.45) is 5.51. The van der Waals surface area contributed by atoms with Gasteiger partial charge in [-0.3, -0.25) is 9.59 Å². The third kappa shape index (κ3) is 4.53. The Morgan fingerprint density at radius 3 is 2.59 bits per heavy atom. The molecule has 0 radical (unpaired) electrons. The lowest BCUT2D eigenvalue weighted by Crippen LogP contribution is -2.47. The van der Waals surface area contributed by atoms with Crippen LogP contribution in [0, 0.1) is 12.8 Å². The molecule has 0 bridgehead atoms. The molecule has 2 amide bonds. The normalized spacial score (nSPS) is 15.8. The number of rotatable bonds is 5. The van der Waals surface area contributed by atoms with Gasteiger partial charge in [-0.05, 0) is 19.8 Å². The Labute approximate surface area is 136 Å². The maximum Gasteiger partial charge on any atom is 0.245 e. The highest BCUT2D eigenvalue weighted by Crippen LogP contribution is 2.24. The number of nitrogens with zero attached hydrogens (tertiary/aromatic N) is 2. The zero-order valence-corrected chi connectivity index (χ0v) is 14.4. The Kier molecular flexibility index (Phi) is 5.94. The molecule has 0 saturated heterocycles. The molecule has 1 fully saturated rings. The third-order valence-electron chi connectivity index (χ3n) is 3.97. The molecule has 6 heteroatoms. The quantitative estimate of drug-likeness (QED) is 0.905. The second-order valence-electron chi connectivity index (χ2n) is 6.25. The molecule has 1 N–H and O–H groups in total. The molecular weight excluding hydrogens is 298 g/mol. The first-order valence-corrected chi connectivity index (χ1v) is 8.88. The summed E-state index contributed by atoms with van der Waals surface area (Å²) in [6, 6.07) is 0.201. The molecule has 1 aromatic rings. The lowest BCUT2D eigenvalue weighted by molar-refractivity contribution is -0.140. The Bertz CT molecular complexity index is 521. The molecule has 1 heterocycles. The molecule has 1 aromatic heterocycles. The van der Waals surface area contributed by atoms with Gasteiger partial charge in [0.1, 0.15) is 6.54 Å². The van der Waals surface area contributed by atoms with Crippen molar-refractivity contribution >= 4 is 28.3 Å². The largest absolute Gasteiger partial charge is 0.330 e. The van der Waals surface area contributed by atoms with Gasteiger partial charge in [-0.15, -0.1) is 11.3 Å². The van der Waals surface area contributed by atoms with Gasteiger partial charge in [-0.2, -0.15) is 0 Å². The molecule has 22 heavy (non-hydrogen) atoms. The van der Waals surface area contributed by atoms with E-state index >= 15 is 0 Å². The summed E-state index contributed by atoms with van der Waals surface area (Å²) in [7, 11) is 0. The summed E-state index contributed by atoms with van der Waals surface area (Å²) in [6.45, 7) is 5.80. The van der Waals surface area contributed by atoms with E-state index in [1.54, 1.807) is 4.90 Å². The van der Waals surface area contributed by atoms with Gasteiger partial charge in [0.05, 0.1) is 5.69 Å². The molecule has 2 rings (SSSR count). The molecule has 5 nitrogen and oxygen atoms in total. The highest BCUT2D eigenvalue weighted by molar-refractivity contribution is 7.13. The maximum atomic E-state index is 12.5. The van der Waals surface area contributed by atoms with E-state index in [4.69, 9.17) is 0 Å². The van der Waals surface area contributed by atoms with Gasteiger partial charge in [0, 0.05) is 17.3 Å². The van der Waals surface area contributed by atoms with Crippen molar-refractivity contribution in [1.29, 1.82) is 0 Å². The Hall–Kier alpha value is -1.43. The predicted molar refractivity (Wildman–Crippen MR) is 88.9 cm³/mol. The van der Waals surface area contributed by atoms with E-state index in [0.717, 1.165) is 31.4 Å². The fraction of sp³-hybridized carbons (Fsp3) is 0.688. The SMILES string of the molecule is Cc1csc(NC(=O)CN(C(=O)C(C)C)C2CCCCC2)n1. The van der Waals surface area contributed by atoms with E-state index in [-0.39, 0.29) is 30.3 Å². The Balaban J connectivity index is 2.01. The standard InChI is InChI=1S/C16H25N3O2S/c1-11(2)15(21)19(13-7-5-4-6-8-13)9-14(20)18-16-17-12(3)10-22-16/h10-11,13H,4-9H2,1-3H3,(H,17,18,20). The van der Waals surface area contributed by atoms with Crippen molar-refractivity contribution in [3.63, 3.8) is 0 Å². The van der Waals surface area contributed by atoms with Crippen LogP contribution in [0.2, 0.25) is 0 Å². The fourth-order valence-corrected chi connectivity index (χ4v) is 3.54. The van der Waals surface area contributed by atoms with Gasteiger partial charge in [0.2, 0.25) is 11.8 Å². The number of aryl methyl sites for hydroxylation is 1. The topological polar surface area (TPSA) is 62.3 Å². The summed E-state index contributed by atoms with van der Waals surface area (Å²) in [5.74, 6) is -0.178. The average molecular weight is 323 g/mol. The first-order chi connectivity index (χ1) is 10.5. The Morgan fingerprint density at radius 2 is 2.05 bits per heavy atom. The molecule has 0 spiro atoms. The number of nitrogens with one attached hydrogen (secondary N) is 1. The van der Waals surface area contributed by atoms with E-state index in [2.05, 4.69) is 10.3 Å². The van der Waals surface area contributed by atoms with Crippen LogP contribution in [0.5, 0.6) is 0 Å². The van der Waals surface area contributed by atoms with Crippen molar-refractivity contribution in [3.05, 3.63) is 11.1 Å². The highest BCUT2D eigenvalue weighted by Gasteiger charge is 2.28. The van der Waals surface area contributed by atoms with Gasteiger partial charge >= 0.3 is 0 Å². The third-order valence-corrected chi connectivity index (χ3v) is 4.85. The van der Waals surface area contributed by atoms with E-state index in [1.807, 2.05) is 26.2 Å². The predicted octanol–water partition coefficient (Wildman–Crippen LogP) is 3.21. The second-order valence-corrected chi connectivity index (χ2v) is 7.11. The van der Waals surface area contributed by atoms with Crippen LogP contribution in [0.15, 0.2) is 5.38 Å². The number of anilines is 1. The van der Waals surface area contributed by atoms with Crippen LogP contribution in [-0.2, 0) is 9.59 Å². The van der Waals surface area contributed by atoms with Gasteiger partial charge < -0.3 is 10.2 Å². The van der Waals surface area contributed by atoms with Crippen molar-refractivity contribution in [1.82, 2.24) is 9.88 Å². The minimum Gasteiger partial charge on any atom is -0.330 e. The highest BCUT2D eigenvalue weighted by atomic mass is 32.1. The lowest BCUT2D eigenvalue weighted by Gasteiger charge is -2.35. The van der Waals surface area contributed by atoms with Gasteiger partial charge in [0.25, 0.3) is 0 Å². The van der Waals surface area contributed by atoms with Crippen LogP contribution < -0.4 is 5.32 Å². The molecule has 1 aliphatic rings. The van der Waals surface area contributed by atoms with Crippen molar-refractivity contribution in [3.8, 4) is 0 Å². The first kappa shape index (κ1) is 16.9. The summed E-state index contributed by atoms with van der Waals surface area (Å²) in [4.78, 5) is 30.7. The Morgan fingerprint density at radius 1 is 1.36 bits per heavy atom. The van der Waals surface area contributed by atoms with Crippen LogP contribution in [-0.4, -0.2) is 34.3 Å². The van der Waals surface area contributed by atoms with Gasteiger partial charge in [-0.1, -0.05) is 33.1 Å². The smallest absolute Gasteiger partial charge is 0.245 e. The molecule has 0 aliphatic heterocycles. The molecule has 0 aromatic carbocycles. The summed E-state index contributed by atoms with van der Waals surface area (Å²) in [5.41, 5.74) is 0.891. The van der Waals surface area contributed by atoms with E-state index < -0.39 is 0 Å². The second kappa shape index (κ2) is 7.72. The number of hydrogen-bond donors (Lipinski definition) is 1. The molecule has 0 atom stereocenters. The summed E-state index contributed by atoms with van der Waals surface area (Å²) in [5, 5.41) is 5.30. The monoisotopic (exact) mass is 323 g/mol. The van der Waals surface area contributed by atoms with Gasteiger partial charge in [0.15, 0.2) is 5.13 Å². The molecule has 1 saturated carbocycles. The van der Waals surface area contributed by atoms with Crippen molar-refractivity contribution in [2.24, 2.45) is 5.92 Å². The fourth-order valence-electron chi connectivity index (χ4n) is 2.84. The maximum absolute atomic E-state index is 12.5. The number of amides is 2. The van der Waals surface area contributed by atoms with Crippen molar-refractivity contribution in [2.45, 2.75) is 58.9 Å². The first-order valence-electron chi connectivity index (χ1n) is 8.00. The number of carbonyl (C=O) groups is 2. The molecule has 122 valence electrons. The van der Waals surface area contributed by atoms with Crippen LogP contribution in [0.25, 0.3) is 0 Å². The minimum absolute atomic E-state index is 0.0670. The average Bonchev–Trinajstić information content (AvgIpc) is 2.90. The molecular formula is C16H25N3O2S. The summed E-state index contributed by atoms with van der Waals surface area (Å²) < 4.78 is 0. The van der Waals surface area contributed by atoms with E-state index in [9.17, 15) is 9.59 Å². The van der Waals surface area contributed by atoms with E-state index in [0.29, 0.717) is 5.13 Å². The number of carbonyl (C=O) groups excluding carboxylic acids is 2. The van der Waals surface area contributed by atoms with Gasteiger partial charge in [-0.25, -0.2) is 4.98 Å². The van der Waals surface area contributed by atoms with Crippen molar-refractivity contribution < 1.29 is 9.59 Å². The van der Waals surface area contributed by atoms with Crippen LogP contribution >= 0.6 is 11.3 Å². The molecule has 1 aliphatic carbocycles. The zero-order chi connectivity index (χ0) is 16.1. The minimum atomic E-state index is -0.158. The van der Waals surface area contributed by atoms with Crippen LogP contribution in [0.3, 0.4) is 0 Å². The summed E-state index contributed by atoms with van der Waals surface area (Å²) >= 11 is 1.41. The molecule has 0 unspecified atom stereocenters.